The number of hydrogen-bond donors (Lipinski definition) is 1. The Morgan fingerprint density at radius 3 is 2.58 bits per heavy atom. The van der Waals surface area contributed by atoms with Gasteiger partial charge in [0.15, 0.2) is 4.34 Å². The van der Waals surface area contributed by atoms with E-state index >= 15 is 0 Å². The number of benzene rings is 1. The number of nitrogens with one attached hydrogen (secondary N) is 1. The molecule has 1 aromatic carbocycles. The van der Waals surface area contributed by atoms with E-state index in [1.54, 1.807) is 35.2 Å². The molecule has 0 bridgehead atoms. The molecule has 0 aliphatic rings. The van der Waals surface area contributed by atoms with Gasteiger partial charge in [-0.25, -0.2) is 9.97 Å². The van der Waals surface area contributed by atoms with Gasteiger partial charge in [0, 0.05) is 17.9 Å². The fraction of sp³-hybridized carbons (Fsp3) is 0.312. The topological polar surface area (TPSA) is 80.7 Å². The zero-order chi connectivity index (χ0) is 17.1. The number of aryl methyl sites for hydroxylation is 3. The largest absolute Gasteiger partial charge is 0.351 e. The fourth-order valence-electron chi connectivity index (χ4n) is 2.11. The molecule has 2 heterocycles. The summed E-state index contributed by atoms with van der Waals surface area (Å²) in [6.45, 7) is 6.34. The fourth-order valence-corrected chi connectivity index (χ4v) is 3.85. The minimum absolute atomic E-state index is 0.106. The molecule has 0 saturated carbocycles. The lowest BCUT2D eigenvalue weighted by molar-refractivity contribution is 0.0956. The van der Waals surface area contributed by atoms with E-state index in [9.17, 15) is 4.79 Å². The van der Waals surface area contributed by atoms with Crippen LogP contribution in [0.15, 0.2) is 22.5 Å². The highest BCUT2D eigenvalue weighted by Gasteiger charge is 2.09. The molecule has 3 aromatic rings. The van der Waals surface area contributed by atoms with Gasteiger partial charge in [-0.15, -0.1) is 10.2 Å². The van der Waals surface area contributed by atoms with Crippen LogP contribution in [-0.4, -0.2) is 38.4 Å². The van der Waals surface area contributed by atoms with Gasteiger partial charge in [0.1, 0.15) is 5.01 Å². The Morgan fingerprint density at radius 1 is 1.12 bits per heavy atom. The molecule has 6 nitrogen and oxygen atoms in total. The monoisotopic (exact) mass is 359 g/mol. The van der Waals surface area contributed by atoms with Crippen LogP contribution in [0.25, 0.3) is 11.0 Å². The molecule has 0 aliphatic carbocycles. The van der Waals surface area contributed by atoms with Crippen molar-refractivity contribution in [3.63, 3.8) is 0 Å². The average Bonchev–Trinajstić information content (AvgIpc) is 2.97. The van der Waals surface area contributed by atoms with Crippen molar-refractivity contribution >= 4 is 40.0 Å². The van der Waals surface area contributed by atoms with Gasteiger partial charge in [0.05, 0.1) is 22.4 Å². The highest BCUT2D eigenvalue weighted by atomic mass is 32.2. The van der Waals surface area contributed by atoms with Gasteiger partial charge in [-0.2, -0.15) is 0 Å². The average molecular weight is 359 g/mol. The molecule has 2 aromatic heterocycles. The van der Waals surface area contributed by atoms with Crippen molar-refractivity contribution in [2.24, 2.45) is 0 Å². The SMILES string of the molecule is Cc1nnc(SCCNC(=O)c2ccc3nc(C)c(C)nc3c2)s1. The zero-order valence-corrected chi connectivity index (χ0v) is 15.3. The molecule has 0 saturated heterocycles. The quantitative estimate of drug-likeness (QED) is 0.557. The van der Waals surface area contributed by atoms with Gasteiger partial charge < -0.3 is 5.32 Å². The molecule has 24 heavy (non-hydrogen) atoms. The summed E-state index contributed by atoms with van der Waals surface area (Å²) in [4.78, 5) is 21.2. The van der Waals surface area contributed by atoms with Crippen LogP contribution < -0.4 is 5.32 Å². The number of nitrogens with zero attached hydrogens (tertiary/aromatic N) is 4. The van der Waals surface area contributed by atoms with Crippen LogP contribution in [-0.2, 0) is 0 Å². The van der Waals surface area contributed by atoms with Gasteiger partial charge >= 0.3 is 0 Å². The van der Waals surface area contributed by atoms with Gasteiger partial charge in [0.25, 0.3) is 5.91 Å². The van der Waals surface area contributed by atoms with Gasteiger partial charge in [-0.1, -0.05) is 23.1 Å². The summed E-state index contributed by atoms with van der Waals surface area (Å²) in [6, 6.07) is 5.40. The standard InChI is InChI=1S/C16H17N5OS2/c1-9-10(2)19-14-8-12(4-5-13(14)18-9)15(22)17-6-7-23-16-21-20-11(3)24-16/h4-5,8H,6-7H2,1-3H3,(H,17,22). The molecule has 0 aliphatic heterocycles. The number of carbonyl (C=O) groups is 1. The Hall–Kier alpha value is -2.06. The van der Waals surface area contributed by atoms with Crippen LogP contribution in [0, 0.1) is 20.8 Å². The minimum Gasteiger partial charge on any atom is -0.351 e. The molecular formula is C16H17N5OS2. The van der Waals surface area contributed by atoms with Crippen molar-refractivity contribution in [3.05, 3.63) is 40.2 Å². The van der Waals surface area contributed by atoms with Crippen molar-refractivity contribution in [1.82, 2.24) is 25.5 Å². The van der Waals surface area contributed by atoms with Crippen molar-refractivity contribution < 1.29 is 4.79 Å². The lowest BCUT2D eigenvalue weighted by Crippen LogP contribution is -2.25. The van der Waals surface area contributed by atoms with E-state index in [-0.39, 0.29) is 5.91 Å². The Balaban J connectivity index is 1.60. The second-order valence-corrected chi connectivity index (χ2v) is 7.81. The maximum Gasteiger partial charge on any atom is 0.251 e. The van der Waals surface area contributed by atoms with E-state index in [1.165, 1.54) is 0 Å². The zero-order valence-electron chi connectivity index (χ0n) is 13.7. The van der Waals surface area contributed by atoms with E-state index in [2.05, 4.69) is 25.5 Å². The van der Waals surface area contributed by atoms with Crippen molar-refractivity contribution in [1.29, 1.82) is 0 Å². The third-order valence-electron chi connectivity index (χ3n) is 3.46. The maximum atomic E-state index is 12.3. The maximum absolute atomic E-state index is 12.3. The number of thioether (sulfide) groups is 1. The first-order valence-electron chi connectivity index (χ1n) is 7.49. The lowest BCUT2D eigenvalue weighted by Gasteiger charge is -2.06. The number of aromatic nitrogens is 4. The lowest BCUT2D eigenvalue weighted by atomic mass is 10.1. The smallest absolute Gasteiger partial charge is 0.251 e. The van der Waals surface area contributed by atoms with E-state index in [1.807, 2.05) is 26.8 Å². The van der Waals surface area contributed by atoms with Crippen LogP contribution in [0.1, 0.15) is 26.8 Å². The second kappa shape index (κ2) is 7.23. The Labute approximate surface area is 148 Å². The Kier molecular flexibility index (Phi) is 5.06. The molecule has 0 atom stereocenters. The Bertz CT molecular complexity index is 893. The van der Waals surface area contributed by atoms with Crippen LogP contribution in [0.5, 0.6) is 0 Å². The Morgan fingerprint density at radius 2 is 1.88 bits per heavy atom. The first-order valence-corrected chi connectivity index (χ1v) is 9.29. The summed E-state index contributed by atoms with van der Waals surface area (Å²) < 4.78 is 0.925. The summed E-state index contributed by atoms with van der Waals surface area (Å²) in [7, 11) is 0. The first-order chi connectivity index (χ1) is 11.5. The molecular weight excluding hydrogens is 342 g/mol. The van der Waals surface area contributed by atoms with Crippen LogP contribution in [0.2, 0.25) is 0 Å². The van der Waals surface area contributed by atoms with Crippen molar-refractivity contribution in [2.75, 3.05) is 12.3 Å². The normalized spacial score (nSPS) is 11.0. The summed E-state index contributed by atoms with van der Waals surface area (Å²) in [6.07, 6.45) is 0. The molecule has 1 amide bonds. The van der Waals surface area contributed by atoms with Crippen molar-refractivity contribution in [3.8, 4) is 0 Å². The summed E-state index contributed by atoms with van der Waals surface area (Å²) in [5, 5.41) is 11.9. The molecule has 1 N–H and O–H groups in total. The van der Waals surface area contributed by atoms with E-state index < -0.39 is 0 Å². The van der Waals surface area contributed by atoms with Crippen molar-refractivity contribution in [2.45, 2.75) is 25.1 Å². The summed E-state index contributed by atoms with van der Waals surface area (Å²) in [5.41, 5.74) is 3.92. The third-order valence-corrected chi connectivity index (χ3v) is 5.43. The minimum atomic E-state index is -0.106. The first kappa shape index (κ1) is 16.8. The third kappa shape index (κ3) is 3.88. The van der Waals surface area contributed by atoms with Crippen LogP contribution in [0.4, 0.5) is 0 Å². The van der Waals surface area contributed by atoms with Gasteiger partial charge in [0.2, 0.25) is 0 Å². The molecule has 0 unspecified atom stereocenters. The highest BCUT2D eigenvalue weighted by molar-refractivity contribution is 8.01. The second-order valence-electron chi connectivity index (χ2n) is 5.29. The molecule has 124 valence electrons. The number of rotatable bonds is 5. The van der Waals surface area contributed by atoms with E-state index in [0.717, 1.165) is 37.5 Å². The van der Waals surface area contributed by atoms with E-state index in [0.29, 0.717) is 12.1 Å². The number of fused-ring (bicyclic) bond motifs is 1. The number of amides is 1. The predicted octanol–water partition coefficient (Wildman–Crippen LogP) is 2.93. The van der Waals surface area contributed by atoms with E-state index in [4.69, 9.17) is 0 Å². The van der Waals surface area contributed by atoms with Gasteiger partial charge in [-0.05, 0) is 39.0 Å². The molecule has 0 spiro atoms. The number of hydrogen-bond acceptors (Lipinski definition) is 7. The molecule has 0 radical (unpaired) electrons. The molecule has 0 fully saturated rings. The van der Waals surface area contributed by atoms with Crippen LogP contribution >= 0.6 is 23.1 Å². The molecule has 8 heteroatoms. The summed E-state index contributed by atoms with van der Waals surface area (Å²) in [5.74, 6) is 0.650. The van der Waals surface area contributed by atoms with Crippen LogP contribution in [0.3, 0.4) is 0 Å². The predicted molar refractivity (Wildman–Crippen MR) is 96.7 cm³/mol. The highest BCUT2D eigenvalue weighted by Crippen LogP contribution is 2.21. The molecule has 3 rings (SSSR count). The number of carbonyl (C=O) groups excluding carboxylic acids is 1. The summed E-state index contributed by atoms with van der Waals surface area (Å²) >= 11 is 3.15. The van der Waals surface area contributed by atoms with Gasteiger partial charge in [-0.3, -0.25) is 4.79 Å².